The molecule has 0 heterocycles. The lowest BCUT2D eigenvalue weighted by atomic mass is 9.95. The predicted octanol–water partition coefficient (Wildman–Crippen LogP) is 1.09. The van der Waals surface area contributed by atoms with Crippen molar-refractivity contribution in [1.82, 2.24) is 15.3 Å². The van der Waals surface area contributed by atoms with E-state index in [1.165, 1.54) is 5.01 Å². The summed E-state index contributed by atoms with van der Waals surface area (Å²) in [5.41, 5.74) is 0.859. The Morgan fingerprint density at radius 1 is 1.19 bits per heavy atom. The molecule has 1 amide bonds. The molecule has 0 aliphatic heterocycles. The molecule has 0 saturated carbocycles. The maximum atomic E-state index is 12.5. The molecule has 1 rings (SSSR count). The lowest BCUT2D eigenvalue weighted by Crippen LogP contribution is -2.52. The van der Waals surface area contributed by atoms with Crippen molar-refractivity contribution in [2.75, 3.05) is 33.8 Å². The van der Waals surface area contributed by atoms with Crippen LogP contribution in [-0.4, -0.2) is 72.8 Å². The van der Waals surface area contributed by atoms with Gasteiger partial charge in [-0.3, -0.25) is 19.4 Å². The summed E-state index contributed by atoms with van der Waals surface area (Å²) in [7, 11) is 3.22. The third-order valence-corrected chi connectivity index (χ3v) is 4.05. The van der Waals surface area contributed by atoms with E-state index in [1.54, 1.807) is 27.9 Å². The number of carbonyl (C=O) groups excluding carboxylic acids is 2. The first-order valence-corrected chi connectivity index (χ1v) is 8.93. The van der Waals surface area contributed by atoms with Crippen LogP contribution in [0.4, 0.5) is 0 Å². The second-order valence-corrected chi connectivity index (χ2v) is 6.32. The van der Waals surface area contributed by atoms with Gasteiger partial charge in [0.15, 0.2) is 0 Å². The third kappa shape index (κ3) is 7.36. The van der Waals surface area contributed by atoms with Gasteiger partial charge >= 0.3 is 11.9 Å². The van der Waals surface area contributed by atoms with Gasteiger partial charge in [-0.05, 0) is 32.4 Å². The summed E-state index contributed by atoms with van der Waals surface area (Å²) in [6.45, 7) is 3.73. The highest BCUT2D eigenvalue weighted by atomic mass is 16.5. The van der Waals surface area contributed by atoms with Gasteiger partial charge in [0, 0.05) is 14.1 Å². The summed E-state index contributed by atoms with van der Waals surface area (Å²) < 4.78 is 5.16. The minimum absolute atomic E-state index is 0.301. The van der Waals surface area contributed by atoms with Gasteiger partial charge < -0.3 is 15.2 Å². The summed E-state index contributed by atoms with van der Waals surface area (Å²) in [6, 6.07) is 8.76. The van der Waals surface area contributed by atoms with Gasteiger partial charge in [-0.1, -0.05) is 30.3 Å². The van der Waals surface area contributed by atoms with Gasteiger partial charge in [-0.25, -0.2) is 5.01 Å². The van der Waals surface area contributed by atoms with Gasteiger partial charge in [-0.2, -0.15) is 0 Å². The van der Waals surface area contributed by atoms with Crippen LogP contribution in [0, 0.1) is 0 Å². The van der Waals surface area contributed by atoms with Crippen LogP contribution in [0.3, 0.4) is 0 Å². The summed E-state index contributed by atoms with van der Waals surface area (Å²) in [5, 5.41) is 14.6. The molecule has 150 valence electrons. The average molecular weight is 379 g/mol. The molecule has 0 bridgehead atoms. The van der Waals surface area contributed by atoms with Crippen LogP contribution in [0.2, 0.25) is 0 Å². The first kappa shape index (κ1) is 22.6. The molecule has 0 spiro atoms. The summed E-state index contributed by atoms with van der Waals surface area (Å²) >= 11 is 0. The second kappa shape index (κ2) is 11.3. The van der Waals surface area contributed by atoms with Gasteiger partial charge in [-0.15, -0.1) is 0 Å². The first-order chi connectivity index (χ1) is 12.8. The highest BCUT2D eigenvalue weighted by Crippen LogP contribution is 2.21. The van der Waals surface area contributed by atoms with Gasteiger partial charge in [0.1, 0.15) is 6.54 Å². The number of hydrogen-bond donors (Lipinski definition) is 2. The second-order valence-electron chi connectivity index (χ2n) is 6.32. The Labute approximate surface area is 160 Å². The van der Waals surface area contributed by atoms with Crippen molar-refractivity contribution in [1.29, 1.82) is 0 Å². The standard InChI is InChI=1S/C19H29N3O5/c1-5-27-19(26)16(15-9-7-6-8-10-15)11-12-20-14(2)18(25)22(21(3)4)13-17(23)24/h6-10,14,16,20H,5,11-13H2,1-4H3,(H,23,24)/t14-,16-/m0/s1. The van der Waals surface area contributed by atoms with Crippen LogP contribution in [-0.2, 0) is 19.1 Å². The quantitative estimate of drug-likeness (QED) is 0.439. The molecular formula is C19H29N3O5. The van der Waals surface area contributed by atoms with Crippen LogP contribution in [0.1, 0.15) is 31.7 Å². The molecule has 2 atom stereocenters. The van der Waals surface area contributed by atoms with Gasteiger partial charge in [0.2, 0.25) is 0 Å². The van der Waals surface area contributed by atoms with Crippen molar-refractivity contribution >= 4 is 17.8 Å². The number of carboxylic acids is 1. The molecule has 0 fully saturated rings. The zero-order valence-electron chi connectivity index (χ0n) is 16.3. The molecule has 1 aromatic carbocycles. The third-order valence-electron chi connectivity index (χ3n) is 4.05. The Kier molecular flexibility index (Phi) is 9.46. The minimum Gasteiger partial charge on any atom is -0.480 e. The number of nitrogens with one attached hydrogen (secondary N) is 1. The topological polar surface area (TPSA) is 99.2 Å². The van der Waals surface area contributed by atoms with E-state index in [4.69, 9.17) is 9.84 Å². The van der Waals surface area contributed by atoms with Crippen LogP contribution in [0.15, 0.2) is 30.3 Å². The van der Waals surface area contributed by atoms with Crippen LogP contribution >= 0.6 is 0 Å². The lowest BCUT2D eigenvalue weighted by molar-refractivity contribution is -0.156. The molecule has 1 aromatic rings. The molecule has 0 aromatic heterocycles. The van der Waals surface area contributed by atoms with Crippen molar-refractivity contribution in [2.24, 2.45) is 0 Å². The number of nitrogens with zero attached hydrogens (tertiary/aromatic N) is 2. The van der Waals surface area contributed by atoms with E-state index in [1.807, 2.05) is 30.3 Å². The van der Waals surface area contributed by atoms with Crippen LogP contribution < -0.4 is 5.32 Å². The minimum atomic E-state index is -1.09. The fourth-order valence-corrected chi connectivity index (χ4v) is 2.65. The molecule has 0 saturated heterocycles. The summed E-state index contributed by atoms with van der Waals surface area (Å²) in [4.78, 5) is 35.7. The number of aliphatic carboxylic acids is 1. The van der Waals surface area contributed by atoms with E-state index in [9.17, 15) is 14.4 Å². The van der Waals surface area contributed by atoms with Crippen LogP contribution in [0.25, 0.3) is 0 Å². The number of rotatable bonds is 11. The van der Waals surface area contributed by atoms with E-state index in [2.05, 4.69) is 5.32 Å². The van der Waals surface area contributed by atoms with E-state index in [0.717, 1.165) is 10.6 Å². The first-order valence-electron chi connectivity index (χ1n) is 8.93. The Morgan fingerprint density at radius 2 is 1.81 bits per heavy atom. The average Bonchev–Trinajstić information content (AvgIpc) is 2.63. The SMILES string of the molecule is CCOC(=O)[C@@H](CCN[C@@H](C)C(=O)N(CC(=O)O)N(C)C)c1ccccc1. The number of ether oxygens (including phenoxy) is 1. The Bertz CT molecular complexity index is 621. The number of benzene rings is 1. The normalized spacial score (nSPS) is 13.1. The zero-order chi connectivity index (χ0) is 20.4. The van der Waals surface area contributed by atoms with Crippen molar-refractivity contribution in [3.05, 3.63) is 35.9 Å². The largest absolute Gasteiger partial charge is 0.480 e. The zero-order valence-corrected chi connectivity index (χ0v) is 16.3. The molecule has 0 aliphatic carbocycles. The predicted molar refractivity (Wildman–Crippen MR) is 101 cm³/mol. The molecular weight excluding hydrogens is 350 g/mol. The highest BCUT2D eigenvalue weighted by Gasteiger charge is 2.26. The molecule has 0 unspecified atom stereocenters. The molecule has 8 nitrogen and oxygen atoms in total. The molecule has 0 aliphatic rings. The monoisotopic (exact) mass is 379 g/mol. The molecule has 27 heavy (non-hydrogen) atoms. The van der Waals surface area contributed by atoms with E-state index >= 15 is 0 Å². The number of carboxylic acid groups (broad SMARTS) is 1. The Balaban J connectivity index is 2.69. The van der Waals surface area contributed by atoms with Gasteiger partial charge in [0.25, 0.3) is 5.91 Å². The number of carbonyl (C=O) groups is 3. The summed E-state index contributed by atoms with van der Waals surface area (Å²) in [5.74, 6) is -2.17. The number of esters is 1. The number of hydrazine groups is 1. The molecule has 8 heteroatoms. The van der Waals surface area contributed by atoms with Crippen LogP contribution in [0.5, 0.6) is 0 Å². The van der Waals surface area contributed by atoms with E-state index < -0.39 is 24.5 Å². The highest BCUT2D eigenvalue weighted by molar-refractivity contribution is 5.84. The van der Waals surface area contributed by atoms with Crippen molar-refractivity contribution < 1.29 is 24.2 Å². The number of hydrogen-bond acceptors (Lipinski definition) is 6. The van der Waals surface area contributed by atoms with Crippen molar-refractivity contribution in [3.63, 3.8) is 0 Å². The fraction of sp³-hybridized carbons (Fsp3) is 0.526. The summed E-state index contributed by atoms with van der Waals surface area (Å²) in [6.07, 6.45) is 0.460. The van der Waals surface area contributed by atoms with Gasteiger partial charge in [0.05, 0.1) is 18.6 Å². The fourth-order valence-electron chi connectivity index (χ4n) is 2.65. The Morgan fingerprint density at radius 3 is 2.33 bits per heavy atom. The van der Waals surface area contributed by atoms with Crippen molar-refractivity contribution in [3.8, 4) is 0 Å². The maximum absolute atomic E-state index is 12.5. The molecule has 2 N–H and O–H groups in total. The number of amides is 1. The molecule has 0 radical (unpaired) electrons. The Hall–Kier alpha value is -2.45. The van der Waals surface area contributed by atoms with E-state index in [-0.39, 0.29) is 11.9 Å². The smallest absolute Gasteiger partial charge is 0.324 e. The maximum Gasteiger partial charge on any atom is 0.324 e. The lowest BCUT2D eigenvalue weighted by Gasteiger charge is -2.30. The van der Waals surface area contributed by atoms with Crippen molar-refractivity contribution in [2.45, 2.75) is 32.2 Å². The van der Waals surface area contributed by atoms with E-state index in [0.29, 0.717) is 19.6 Å².